The summed E-state index contributed by atoms with van der Waals surface area (Å²) in [5.74, 6) is 7.05. The van der Waals surface area contributed by atoms with Crippen LogP contribution in [0.15, 0.2) is 12.2 Å². The summed E-state index contributed by atoms with van der Waals surface area (Å²) >= 11 is 0. The van der Waals surface area contributed by atoms with Crippen molar-refractivity contribution in [2.24, 2.45) is 47.3 Å². The fourth-order valence-electron chi connectivity index (χ4n) is 8.81. The summed E-state index contributed by atoms with van der Waals surface area (Å²) in [5.41, 5.74) is 0. The van der Waals surface area contributed by atoms with Gasteiger partial charge in [0.15, 0.2) is 0 Å². The van der Waals surface area contributed by atoms with Crippen LogP contribution < -0.4 is 0 Å². The Labute approximate surface area is 215 Å². The predicted octanol–water partition coefficient (Wildman–Crippen LogP) is 10.2. The number of halogens is 2. The highest BCUT2D eigenvalue weighted by Gasteiger charge is 2.37. The van der Waals surface area contributed by atoms with E-state index in [1.807, 2.05) is 0 Å². The van der Waals surface area contributed by atoms with Crippen LogP contribution in [0, 0.1) is 47.3 Å². The average molecular weight is 493 g/mol. The molecule has 0 spiro atoms. The monoisotopic (exact) mass is 492 g/mol. The van der Waals surface area contributed by atoms with E-state index in [9.17, 15) is 8.78 Å². The molecule has 35 heavy (non-hydrogen) atoms. The molecule has 3 unspecified atom stereocenters. The lowest BCUT2D eigenvalue weighted by Gasteiger charge is -2.43. The Morgan fingerprint density at radius 2 is 1.17 bits per heavy atom. The van der Waals surface area contributed by atoms with E-state index in [2.05, 4.69) is 13.8 Å². The summed E-state index contributed by atoms with van der Waals surface area (Å²) in [4.78, 5) is 0. The van der Waals surface area contributed by atoms with Gasteiger partial charge in [0.2, 0.25) is 0 Å². The molecule has 4 rings (SSSR count). The van der Waals surface area contributed by atoms with Gasteiger partial charge in [0.1, 0.15) is 0 Å². The highest BCUT2D eigenvalue weighted by molar-refractivity contribution is 4.88. The van der Waals surface area contributed by atoms with Crippen LogP contribution in [0.25, 0.3) is 0 Å². The Morgan fingerprint density at radius 3 is 1.60 bits per heavy atom. The van der Waals surface area contributed by atoms with Gasteiger partial charge in [0.25, 0.3) is 6.08 Å². The van der Waals surface area contributed by atoms with E-state index in [0.29, 0.717) is 18.4 Å². The molecule has 0 aromatic rings. The van der Waals surface area contributed by atoms with Crippen molar-refractivity contribution in [2.75, 3.05) is 6.61 Å². The molecule has 4 aliphatic rings. The molecule has 0 aromatic carbocycles. The first-order valence-electron chi connectivity index (χ1n) is 15.7. The highest BCUT2D eigenvalue weighted by atomic mass is 19.3. The lowest BCUT2D eigenvalue weighted by molar-refractivity contribution is -0.0644. The SMILES string of the molecule is CCCC(C)C1CCC(C2CCC(C3CCC(C4CCC(CCC=C(F)F)CC4)CC3)CC2)CO1. The molecule has 3 saturated carbocycles. The van der Waals surface area contributed by atoms with E-state index in [1.54, 1.807) is 0 Å². The quantitative estimate of drug-likeness (QED) is 0.311. The molecule has 4 fully saturated rings. The summed E-state index contributed by atoms with van der Waals surface area (Å²) in [6.45, 7) is 5.71. The van der Waals surface area contributed by atoms with Crippen LogP contribution in [-0.2, 0) is 4.74 Å². The van der Waals surface area contributed by atoms with Gasteiger partial charge in [-0.05, 0) is 150 Å². The van der Waals surface area contributed by atoms with Gasteiger partial charge in [-0.2, -0.15) is 8.78 Å². The first-order valence-corrected chi connectivity index (χ1v) is 15.7. The van der Waals surface area contributed by atoms with Crippen molar-refractivity contribution in [1.29, 1.82) is 0 Å². The Bertz CT molecular complexity index is 611. The van der Waals surface area contributed by atoms with E-state index in [0.717, 1.165) is 60.5 Å². The molecule has 1 nitrogen and oxygen atoms in total. The maximum absolute atomic E-state index is 12.3. The molecule has 0 aromatic heterocycles. The lowest BCUT2D eigenvalue weighted by atomic mass is 9.64. The molecule has 1 heterocycles. The smallest absolute Gasteiger partial charge is 0.266 e. The maximum Gasteiger partial charge on any atom is 0.266 e. The molecule has 3 atom stereocenters. The third-order valence-electron chi connectivity index (χ3n) is 11.1. The zero-order chi connectivity index (χ0) is 24.6. The van der Waals surface area contributed by atoms with Gasteiger partial charge in [-0.25, -0.2) is 0 Å². The minimum atomic E-state index is -1.50. The number of allylic oxidation sites excluding steroid dienone is 1. The number of hydrogen-bond acceptors (Lipinski definition) is 1. The van der Waals surface area contributed by atoms with Crippen molar-refractivity contribution in [1.82, 2.24) is 0 Å². The van der Waals surface area contributed by atoms with Crippen LogP contribution in [0.2, 0.25) is 0 Å². The average Bonchev–Trinajstić information content (AvgIpc) is 2.89. The maximum atomic E-state index is 12.3. The minimum absolute atomic E-state index is 0.524. The van der Waals surface area contributed by atoms with E-state index < -0.39 is 6.08 Å². The van der Waals surface area contributed by atoms with E-state index >= 15 is 0 Å². The first kappa shape index (κ1) is 27.6. The van der Waals surface area contributed by atoms with Crippen LogP contribution in [0.5, 0.6) is 0 Å². The molecule has 1 aliphatic heterocycles. The molecule has 0 bridgehead atoms. The molecular weight excluding hydrogens is 438 g/mol. The Balaban J connectivity index is 1.10. The van der Waals surface area contributed by atoms with Crippen molar-refractivity contribution in [2.45, 2.75) is 136 Å². The zero-order valence-electron chi connectivity index (χ0n) is 22.9. The summed E-state index contributed by atoms with van der Waals surface area (Å²) in [5, 5.41) is 0. The summed E-state index contributed by atoms with van der Waals surface area (Å²) in [6.07, 6.45) is 24.0. The fraction of sp³-hybridized carbons (Fsp3) is 0.938. The third-order valence-corrected chi connectivity index (χ3v) is 11.1. The first-order chi connectivity index (χ1) is 17.0. The van der Waals surface area contributed by atoms with Gasteiger partial charge in [-0.3, -0.25) is 0 Å². The van der Waals surface area contributed by atoms with Crippen molar-refractivity contribution in [3.8, 4) is 0 Å². The molecule has 0 amide bonds. The summed E-state index contributed by atoms with van der Waals surface area (Å²) in [6, 6.07) is 0. The normalized spacial score (nSPS) is 39.7. The second-order valence-electron chi connectivity index (χ2n) is 13.2. The van der Waals surface area contributed by atoms with Gasteiger partial charge in [-0.15, -0.1) is 0 Å². The van der Waals surface area contributed by atoms with Crippen molar-refractivity contribution in [3.05, 3.63) is 12.2 Å². The molecular formula is C32H54F2O. The highest BCUT2D eigenvalue weighted by Crippen LogP contribution is 2.47. The van der Waals surface area contributed by atoms with Gasteiger partial charge in [-0.1, -0.05) is 33.1 Å². The van der Waals surface area contributed by atoms with Crippen molar-refractivity contribution < 1.29 is 13.5 Å². The van der Waals surface area contributed by atoms with E-state index in [-0.39, 0.29) is 0 Å². The fourth-order valence-corrected chi connectivity index (χ4v) is 8.81. The lowest BCUT2D eigenvalue weighted by Crippen LogP contribution is -2.36. The molecule has 202 valence electrons. The molecule has 3 aliphatic carbocycles. The van der Waals surface area contributed by atoms with Crippen molar-refractivity contribution >= 4 is 0 Å². The van der Waals surface area contributed by atoms with Crippen LogP contribution in [-0.4, -0.2) is 12.7 Å². The number of rotatable bonds is 9. The third kappa shape index (κ3) is 8.02. The Kier molecular flexibility index (Phi) is 11.0. The van der Waals surface area contributed by atoms with Crippen LogP contribution >= 0.6 is 0 Å². The van der Waals surface area contributed by atoms with Gasteiger partial charge < -0.3 is 4.74 Å². The van der Waals surface area contributed by atoms with Crippen LogP contribution in [0.4, 0.5) is 8.78 Å². The van der Waals surface area contributed by atoms with E-state index in [1.165, 1.54) is 103 Å². The Hall–Kier alpha value is -0.440. The largest absolute Gasteiger partial charge is 0.378 e. The molecule has 0 N–H and O–H groups in total. The van der Waals surface area contributed by atoms with Gasteiger partial charge in [0.05, 0.1) is 12.7 Å². The van der Waals surface area contributed by atoms with E-state index in [4.69, 9.17) is 4.74 Å². The van der Waals surface area contributed by atoms with Crippen LogP contribution in [0.3, 0.4) is 0 Å². The number of ether oxygens (including phenoxy) is 1. The molecule has 3 heteroatoms. The Morgan fingerprint density at radius 1 is 0.714 bits per heavy atom. The molecule has 0 radical (unpaired) electrons. The van der Waals surface area contributed by atoms with Gasteiger partial charge >= 0.3 is 0 Å². The predicted molar refractivity (Wildman–Crippen MR) is 142 cm³/mol. The number of hydrogen-bond donors (Lipinski definition) is 0. The summed E-state index contributed by atoms with van der Waals surface area (Å²) in [7, 11) is 0. The van der Waals surface area contributed by atoms with Crippen molar-refractivity contribution in [3.63, 3.8) is 0 Å². The van der Waals surface area contributed by atoms with Gasteiger partial charge in [0, 0.05) is 0 Å². The van der Waals surface area contributed by atoms with Crippen LogP contribution in [0.1, 0.15) is 129 Å². The molecule has 1 saturated heterocycles. The zero-order valence-corrected chi connectivity index (χ0v) is 22.9. The topological polar surface area (TPSA) is 9.23 Å². The second-order valence-corrected chi connectivity index (χ2v) is 13.2. The summed E-state index contributed by atoms with van der Waals surface area (Å²) < 4.78 is 30.9. The standard InChI is InChI=1S/C32H54F2O/c1-3-5-23(2)31-21-20-30(22-35-31)29-18-16-28(17-19-29)27-14-12-26(13-15-27)25-10-8-24(9-11-25)6-4-7-32(33)34/h7,23-31H,3-6,8-22H2,1-2H3. The minimum Gasteiger partial charge on any atom is -0.378 e. The second kappa shape index (κ2) is 13.9.